The van der Waals surface area contributed by atoms with Crippen LogP contribution in [0, 0.1) is 11.7 Å². The molecule has 2 aromatic rings. The first kappa shape index (κ1) is 15.3. The van der Waals surface area contributed by atoms with E-state index < -0.39 is 0 Å². The van der Waals surface area contributed by atoms with Crippen molar-refractivity contribution >= 4 is 11.9 Å². The fourth-order valence-corrected chi connectivity index (χ4v) is 3.58. The highest BCUT2D eigenvalue weighted by Crippen LogP contribution is 2.29. The Balaban J connectivity index is 1.65. The number of imidazole rings is 1. The molecule has 126 valence electrons. The van der Waals surface area contributed by atoms with Crippen molar-refractivity contribution in [2.45, 2.75) is 25.8 Å². The van der Waals surface area contributed by atoms with Crippen LogP contribution in [-0.2, 0) is 11.3 Å². The molecule has 3 heterocycles. The molecule has 1 saturated heterocycles. The summed E-state index contributed by atoms with van der Waals surface area (Å²) in [6.45, 7) is 3.21. The minimum absolute atomic E-state index is 0.0129. The van der Waals surface area contributed by atoms with E-state index in [1.165, 1.54) is 6.07 Å². The van der Waals surface area contributed by atoms with Crippen molar-refractivity contribution in [1.29, 1.82) is 0 Å². The van der Waals surface area contributed by atoms with Crippen molar-refractivity contribution in [3.8, 4) is 11.3 Å². The van der Waals surface area contributed by atoms with Crippen LogP contribution in [0.4, 0.5) is 10.3 Å². The van der Waals surface area contributed by atoms with Crippen molar-refractivity contribution < 1.29 is 9.18 Å². The molecule has 0 bridgehead atoms. The van der Waals surface area contributed by atoms with Crippen molar-refractivity contribution in [1.82, 2.24) is 14.9 Å². The largest absolute Gasteiger partial charge is 0.316 e. The number of piperidine rings is 1. The zero-order chi connectivity index (χ0) is 16.5. The van der Waals surface area contributed by atoms with Crippen LogP contribution in [0.2, 0.25) is 0 Å². The molecule has 1 amide bonds. The third-order valence-corrected chi connectivity index (χ3v) is 4.84. The van der Waals surface area contributed by atoms with Crippen molar-refractivity contribution in [3.63, 3.8) is 0 Å². The van der Waals surface area contributed by atoms with Gasteiger partial charge in [0.25, 0.3) is 0 Å². The van der Waals surface area contributed by atoms with Crippen LogP contribution in [0.1, 0.15) is 19.3 Å². The number of aryl methyl sites for hydroxylation is 1. The highest BCUT2D eigenvalue weighted by molar-refractivity contribution is 5.94. The third kappa shape index (κ3) is 2.71. The number of hydrogen-bond acceptors (Lipinski definition) is 3. The van der Waals surface area contributed by atoms with Gasteiger partial charge in [0.15, 0.2) is 0 Å². The van der Waals surface area contributed by atoms with Gasteiger partial charge < -0.3 is 9.88 Å². The van der Waals surface area contributed by atoms with E-state index in [2.05, 4.69) is 10.3 Å². The van der Waals surface area contributed by atoms with E-state index >= 15 is 0 Å². The molecule has 5 nitrogen and oxygen atoms in total. The molecule has 1 atom stereocenters. The molecule has 4 rings (SSSR count). The van der Waals surface area contributed by atoms with Crippen molar-refractivity contribution in [2.75, 3.05) is 24.5 Å². The predicted octanol–water partition coefficient (Wildman–Crippen LogP) is 2.43. The number of nitrogens with zero attached hydrogens (tertiary/aromatic N) is 3. The number of halogens is 1. The summed E-state index contributed by atoms with van der Waals surface area (Å²) in [6, 6.07) is 6.62. The zero-order valence-electron chi connectivity index (χ0n) is 13.5. The summed E-state index contributed by atoms with van der Waals surface area (Å²) in [5.41, 5.74) is 1.07. The summed E-state index contributed by atoms with van der Waals surface area (Å²) in [5, 5.41) is 3.29. The van der Waals surface area contributed by atoms with Gasteiger partial charge in [-0.15, -0.1) is 0 Å². The first-order valence-electron chi connectivity index (χ1n) is 8.58. The third-order valence-electron chi connectivity index (χ3n) is 4.84. The molecule has 6 heteroatoms. The van der Waals surface area contributed by atoms with E-state index in [1.54, 1.807) is 23.1 Å². The quantitative estimate of drug-likeness (QED) is 0.921. The molecule has 0 saturated carbocycles. The number of carbonyl (C=O) groups is 1. The molecule has 0 radical (unpaired) electrons. The lowest BCUT2D eigenvalue weighted by atomic mass is 9.98. The van der Waals surface area contributed by atoms with Gasteiger partial charge in [0, 0.05) is 31.4 Å². The molecule has 1 fully saturated rings. The summed E-state index contributed by atoms with van der Waals surface area (Å²) in [7, 11) is 0. The lowest BCUT2D eigenvalue weighted by Crippen LogP contribution is -2.46. The Labute approximate surface area is 140 Å². The second kappa shape index (κ2) is 6.36. The van der Waals surface area contributed by atoms with Gasteiger partial charge in [-0.2, -0.15) is 0 Å². The standard InChI is InChI=1S/C18H21FN4O/c19-15-7-2-1-6-14(15)16-12-22-9-4-10-23(18(22)21-16)17(24)13-5-3-8-20-11-13/h1-2,6-7,12-13,20H,3-5,8-11H2/t13-/m0/s1. The summed E-state index contributed by atoms with van der Waals surface area (Å²) >= 11 is 0. The topological polar surface area (TPSA) is 50.2 Å². The van der Waals surface area contributed by atoms with Gasteiger partial charge >= 0.3 is 0 Å². The Morgan fingerprint density at radius 1 is 1.25 bits per heavy atom. The number of nitrogens with one attached hydrogen (secondary N) is 1. The van der Waals surface area contributed by atoms with Crippen LogP contribution < -0.4 is 10.2 Å². The molecule has 24 heavy (non-hydrogen) atoms. The van der Waals surface area contributed by atoms with Crippen LogP contribution >= 0.6 is 0 Å². The van der Waals surface area contributed by atoms with Gasteiger partial charge in [0.2, 0.25) is 11.9 Å². The highest BCUT2D eigenvalue weighted by Gasteiger charge is 2.31. The number of hydrogen-bond donors (Lipinski definition) is 1. The number of aromatic nitrogens is 2. The fraction of sp³-hybridized carbons (Fsp3) is 0.444. The summed E-state index contributed by atoms with van der Waals surface area (Å²) in [6.07, 6.45) is 4.70. The molecular weight excluding hydrogens is 307 g/mol. The van der Waals surface area contributed by atoms with Gasteiger partial charge in [-0.1, -0.05) is 12.1 Å². The second-order valence-corrected chi connectivity index (χ2v) is 6.49. The average Bonchev–Trinajstić information content (AvgIpc) is 3.06. The minimum Gasteiger partial charge on any atom is -0.316 e. The minimum atomic E-state index is -0.290. The van der Waals surface area contributed by atoms with E-state index in [4.69, 9.17) is 0 Å². The molecule has 1 aromatic heterocycles. The van der Waals surface area contributed by atoms with Gasteiger partial charge in [0.05, 0.1) is 11.6 Å². The van der Waals surface area contributed by atoms with Crippen molar-refractivity contribution in [3.05, 3.63) is 36.3 Å². The number of amides is 1. The molecule has 1 aromatic carbocycles. The fourth-order valence-electron chi connectivity index (χ4n) is 3.58. The van der Waals surface area contributed by atoms with Crippen LogP contribution in [-0.4, -0.2) is 35.1 Å². The lowest BCUT2D eigenvalue weighted by molar-refractivity contribution is -0.123. The number of anilines is 1. The number of carbonyl (C=O) groups excluding carboxylic acids is 1. The van der Waals surface area contributed by atoms with Crippen LogP contribution in [0.15, 0.2) is 30.5 Å². The van der Waals surface area contributed by atoms with Crippen LogP contribution in [0.3, 0.4) is 0 Å². The number of benzene rings is 1. The predicted molar refractivity (Wildman–Crippen MR) is 90.2 cm³/mol. The number of rotatable bonds is 2. The lowest BCUT2D eigenvalue weighted by Gasteiger charge is -2.31. The Morgan fingerprint density at radius 3 is 2.92 bits per heavy atom. The Bertz CT molecular complexity index is 751. The smallest absolute Gasteiger partial charge is 0.233 e. The maximum Gasteiger partial charge on any atom is 0.233 e. The summed E-state index contributed by atoms with van der Waals surface area (Å²) < 4.78 is 16.0. The number of fused-ring (bicyclic) bond motifs is 1. The second-order valence-electron chi connectivity index (χ2n) is 6.49. The molecule has 1 N–H and O–H groups in total. The Kier molecular flexibility index (Phi) is 4.06. The van der Waals surface area contributed by atoms with E-state index in [-0.39, 0.29) is 17.6 Å². The monoisotopic (exact) mass is 328 g/mol. The van der Waals surface area contributed by atoms with E-state index in [1.807, 2.05) is 10.8 Å². The first-order chi connectivity index (χ1) is 11.7. The van der Waals surface area contributed by atoms with Crippen LogP contribution in [0.25, 0.3) is 11.3 Å². The van der Waals surface area contributed by atoms with E-state index in [0.717, 1.165) is 38.9 Å². The van der Waals surface area contributed by atoms with Gasteiger partial charge in [-0.3, -0.25) is 9.69 Å². The van der Waals surface area contributed by atoms with E-state index in [9.17, 15) is 9.18 Å². The molecule has 0 unspecified atom stereocenters. The maximum absolute atomic E-state index is 14.0. The molecule has 0 spiro atoms. The van der Waals surface area contributed by atoms with Crippen LogP contribution in [0.5, 0.6) is 0 Å². The normalized spacial score (nSPS) is 20.7. The van der Waals surface area contributed by atoms with E-state index in [0.29, 0.717) is 23.8 Å². The van der Waals surface area contributed by atoms with Gasteiger partial charge in [-0.25, -0.2) is 9.37 Å². The van der Waals surface area contributed by atoms with Gasteiger partial charge in [0.1, 0.15) is 5.82 Å². The zero-order valence-corrected chi connectivity index (χ0v) is 13.5. The molecule has 2 aliphatic rings. The molecular formula is C18H21FN4O. The Morgan fingerprint density at radius 2 is 2.12 bits per heavy atom. The molecule has 0 aliphatic carbocycles. The summed E-state index contributed by atoms with van der Waals surface area (Å²) in [4.78, 5) is 19.3. The highest BCUT2D eigenvalue weighted by atomic mass is 19.1. The van der Waals surface area contributed by atoms with Gasteiger partial charge in [-0.05, 0) is 37.9 Å². The summed E-state index contributed by atoms with van der Waals surface area (Å²) in [5.74, 6) is 0.505. The Hall–Kier alpha value is -2.21. The van der Waals surface area contributed by atoms with Crippen molar-refractivity contribution in [2.24, 2.45) is 5.92 Å². The molecule has 2 aliphatic heterocycles. The maximum atomic E-state index is 14.0. The first-order valence-corrected chi connectivity index (χ1v) is 8.58. The average molecular weight is 328 g/mol. The SMILES string of the molecule is O=C([C@H]1CCCNC1)N1CCCn2cc(-c3ccccc3F)nc21.